The van der Waals surface area contributed by atoms with Crippen molar-refractivity contribution in [2.45, 2.75) is 24.3 Å². The third-order valence-electron chi connectivity index (χ3n) is 4.01. The quantitative estimate of drug-likeness (QED) is 0.531. The molecule has 0 amide bonds. The van der Waals surface area contributed by atoms with Crippen molar-refractivity contribution in [2.75, 3.05) is 6.26 Å². The van der Waals surface area contributed by atoms with E-state index in [-0.39, 0.29) is 10.4 Å². The number of H-pyrrole nitrogens is 1. The van der Waals surface area contributed by atoms with Crippen LogP contribution in [0, 0.1) is 0 Å². The average Bonchev–Trinajstić information content (AvgIpc) is 3.28. The van der Waals surface area contributed by atoms with Gasteiger partial charge in [-0.2, -0.15) is 0 Å². The maximum absolute atomic E-state index is 11.7. The average molecular weight is 415 g/mol. The van der Waals surface area contributed by atoms with Gasteiger partial charge in [-0.3, -0.25) is 0 Å². The number of aromatic nitrogens is 4. The highest BCUT2D eigenvalue weighted by atomic mass is 32.2. The molecule has 0 aliphatic carbocycles. The van der Waals surface area contributed by atoms with E-state index >= 15 is 0 Å². The Morgan fingerprint density at radius 2 is 1.96 bits per heavy atom. The van der Waals surface area contributed by atoms with Gasteiger partial charge in [0.05, 0.1) is 11.8 Å². The third kappa shape index (κ3) is 3.63. The van der Waals surface area contributed by atoms with Crippen LogP contribution >= 0.6 is 11.3 Å². The number of nitrogens with one attached hydrogen (secondary N) is 1. The largest absolute Gasteiger partial charge is 0.475 e. The number of rotatable bonds is 5. The molecule has 3 heterocycles. The highest BCUT2D eigenvalue weighted by molar-refractivity contribution is 7.92. The fourth-order valence-corrected chi connectivity index (χ4v) is 4.42. The standard InChI is InChI=1S/C19H18N4O3S2/c1-11(2)26-17-6-4-5-16(21-17)14-10-20-15-8-7-12(9-13(14)15)18-22-23-19(27-18)28(3,24)25/h4-11,20H,1-3H3. The summed E-state index contributed by atoms with van der Waals surface area (Å²) in [7, 11) is -3.37. The third-order valence-corrected chi connectivity index (χ3v) is 6.65. The molecule has 144 valence electrons. The molecule has 7 nitrogen and oxygen atoms in total. The number of aromatic amines is 1. The fraction of sp³-hybridized carbons (Fsp3) is 0.211. The summed E-state index contributed by atoms with van der Waals surface area (Å²) in [6, 6.07) is 11.5. The molecule has 3 aromatic heterocycles. The van der Waals surface area contributed by atoms with Crippen molar-refractivity contribution in [3.8, 4) is 27.7 Å². The van der Waals surface area contributed by atoms with Crippen molar-refractivity contribution >= 4 is 32.1 Å². The van der Waals surface area contributed by atoms with Gasteiger partial charge in [-0.05, 0) is 38.1 Å². The van der Waals surface area contributed by atoms with Gasteiger partial charge in [0.15, 0.2) is 0 Å². The Labute approximate surface area is 166 Å². The Kier molecular flexibility index (Phi) is 4.64. The molecule has 0 atom stereocenters. The van der Waals surface area contributed by atoms with E-state index in [1.165, 1.54) is 0 Å². The van der Waals surface area contributed by atoms with Crippen molar-refractivity contribution in [3.63, 3.8) is 0 Å². The predicted molar refractivity (Wildman–Crippen MR) is 109 cm³/mol. The Bertz CT molecular complexity index is 1260. The first-order chi connectivity index (χ1) is 13.3. The maximum atomic E-state index is 11.7. The van der Waals surface area contributed by atoms with Crippen LogP contribution in [0.4, 0.5) is 0 Å². The lowest BCUT2D eigenvalue weighted by Gasteiger charge is -2.09. The monoisotopic (exact) mass is 414 g/mol. The lowest BCUT2D eigenvalue weighted by molar-refractivity contribution is 0.233. The van der Waals surface area contributed by atoms with Crippen molar-refractivity contribution in [2.24, 2.45) is 0 Å². The van der Waals surface area contributed by atoms with E-state index in [1.54, 1.807) is 0 Å². The van der Waals surface area contributed by atoms with Crippen LogP contribution in [-0.4, -0.2) is 40.9 Å². The zero-order valence-corrected chi connectivity index (χ0v) is 17.1. The van der Waals surface area contributed by atoms with Crippen molar-refractivity contribution < 1.29 is 13.2 Å². The van der Waals surface area contributed by atoms with Crippen LogP contribution in [0.25, 0.3) is 32.7 Å². The molecule has 0 saturated heterocycles. The Hall–Kier alpha value is -2.78. The number of nitrogens with zero attached hydrogens (tertiary/aromatic N) is 3. The molecule has 1 N–H and O–H groups in total. The maximum Gasteiger partial charge on any atom is 0.232 e. The molecule has 9 heteroatoms. The molecule has 1 aromatic carbocycles. The molecular weight excluding hydrogens is 396 g/mol. The van der Waals surface area contributed by atoms with E-state index in [2.05, 4.69) is 20.2 Å². The van der Waals surface area contributed by atoms with Crippen LogP contribution in [0.1, 0.15) is 13.8 Å². The van der Waals surface area contributed by atoms with Crippen LogP contribution in [0.3, 0.4) is 0 Å². The highest BCUT2D eigenvalue weighted by Gasteiger charge is 2.17. The molecule has 0 aliphatic heterocycles. The Morgan fingerprint density at radius 1 is 1.14 bits per heavy atom. The lowest BCUT2D eigenvalue weighted by Crippen LogP contribution is -2.06. The minimum atomic E-state index is -3.37. The highest BCUT2D eigenvalue weighted by Crippen LogP contribution is 2.33. The van der Waals surface area contributed by atoms with Gasteiger partial charge in [0.2, 0.25) is 20.1 Å². The predicted octanol–water partition coefficient (Wildman–Crippen LogP) is 3.94. The number of sulfone groups is 1. The summed E-state index contributed by atoms with van der Waals surface area (Å²) in [5.74, 6) is 0.569. The molecule has 0 saturated carbocycles. The summed E-state index contributed by atoms with van der Waals surface area (Å²) in [5.41, 5.74) is 3.47. The van der Waals surface area contributed by atoms with Crippen molar-refractivity contribution in [1.82, 2.24) is 20.2 Å². The molecule has 0 aliphatic rings. The van der Waals surface area contributed by atoms with Gasteiger partial charge in [-0.1, -0.05) is 17.4 Å². The molecule has 28 heavy (non-hydrogen) atoms. The van der Waals surface area contributed by atoms with E-state index in [0.717, 1.165) is 45.3 Å². The summed E-state index contributed by atoms with van der Waals surface area (Å²) >= 11 is 1.06. The lowest BCUT2D eigenvalue weighted by atomic mass is 10.1. The Morgan fingerprint density at radius 3 is 2.68 bits per heavy atom. The van der Waals surface area contributed by atoms with E-state index in [0.29, 0.717) is 10.9 Å². The van der Waals surface area contributed by atoms with Gasteiger partial charge < -0.3 is 9.72 Å². The second kappa shape index (κ2) is 6.99. The second-order valence-corrected chi connectivity index (χ2v) is 9.80. The molecule has 0 bridgehead atoms. The first-order valence-electron chi connectivity index (χ1n) is 8.60. The molecule has 0 unspecified atom stereocenters. The van der Waals surface area contributed by atoms with Gasteiger partial charge in [-0.15, -0.1) is 10.2 Å². The van der Waals surface area contributed by atoms with Crippen LogP contribution in [0.15, 0.2) is 46.9 Å². The Balaban J connectivity index is 1.78. The number of ether oxygens (including phenoxy) is 1. The number of hydrogen-bond donors (Lipinski definition) is 1. The molecule has 4 aromatic rings. The second-order valence-electron chi connectivity index (χ2n) is 6.64. The van der Waals surface area contributed by atoms with Crippen LogP contribution < -0.4 is 4.74 Å². The molecule has 4 rings (SSSR count). The topological polar surface area (TPSA) is 97.8 Å². The van der Waals surface area contributed by atoms with Crippen molar-refractivity contribution in [1.29, 1.82) is 0 Å². The van der Waals surface area contributed by atoms with Gasteiger partial charge in [0.1, 0.15) is 5.01 Å². The zero-order chi connectivity index (χ0) is 19.9. The molecule has 0 fully saturated rings. The van der Waals surface area contributed by atoms with Crippen molar-refractivity contribution in [3.05, 3.63) is 42.6 Å². The summed E-state index contributed by atoms with van der Waals surface area (Å²) in [6.45, 7) is 3.91. The van der Waals surface area contributed by atoms with E-state index in [9.17, 15) is 8.42 Å². The SMILES string of the molecule is CC(C)Oc1cccc(-c2c[nH]c3ccc(-c4nnc(S(C)(=O)=O)s4)cc23)n1. The minimum absolute atomic E-state index is 0.0112. The van der Waals surface area contributed by atoms with E-state index in [4.69, 9.17) is 4.74 Å². The van der Waals surface area contributed by atoms with Gasteiger partial charge in [-0.25, -0.2) is 13.4 Å². The summed E-state index contributed by atoms with van der Waals surface area (Å²) < 4.78 is 29.1. The fourth-order valence-electron chi connectivity index (χ4n) is 2.81. The van der Waals surface area contributed by atoms with Crippen LogP contribution in [-0.2, 0) is 9.84 Å². The van der Waals surface area contributed by atoms with Gasteiger partial charge in [0, 0.05) is 40.5 Å². The molecule has 0 spiro atoms. The zero-order valence-electron chi connectivity index (χ0n) is 15.5. The number of pyridine rings is 1. The number of hydrogen-bond acceptors (Lipinski definition) is 7. The number of fused-ring (bicyclic) bond motifs is 1. The first-order valence-corrected chi connectivity index (χ1v) is 11.3. The molecule has 0 radical (unpaired) electrons. The van der Waals surface area contributed by atoms with Crippen LogP contribution in [0.2, 0.25) is 0 Å². The van der Waals surface area contributed by atoms with Crippen LogP contribution in [0.5, 0.6) is 5.88 Å². The smallest absolute Gasteiger partial charge is 0.232 e. The van der Waals surface area contributed by atoms with E-state index < -0.39 is 9.84 Å². The van der Waals surface area contributed by atoms with E-state index in [1.807, 2.05) is 56.4 Å². The minimum Gasteiger partial charge on any atom is -0.475 e. The number of benzene rings is 1. The normalized spacial score (nSPS) is 12.0. The van der Waals surface area contributed by atoms with Gasteiger partial charge in [0.25, 0.3) is 0 Å². The molecular formula is C19H18N4O3S2. The van der Waals surface area contributed by atoms with Gasteiger partial charge >= 0.3 is 0 Å². The first kappa shape index (κ1) is 18.6. The summed E-state index contributed by atoms with van der Waals surface area (Å²) in [4.78, 5) is 7.84. The summed E-state index contributed by atoms with van der Waals surface area (Å²) in [6.07, 6.45) is 3.07. The summed E-state index contributed by atoms with van der Waals surface area (Å²) in [5, 5.41) is 9.35.